The first-order valence-corrected chi connectivity index (χ1v) is 7.66. The van der Waals surface area contributed by atoms with Crippen molar-refractivity contribution in [3.05, 3.63) is 0 Å². The van der Waals surface area contributed by atoms with Crippen LogP contribution < -0.4 is 5.32 Å². The second-order valence-electron chi connectivity index (χ2n) is 6.31. The van der Waals surface area contributed by atoms with Crippen molar-refractivity contribution in [1.29, 1.82) is 0 Å². The predicted molar refractivity (Wildman–Crippen MR) is 74.2 cm³/mol. The molecule has 0 aromatic heterocycles. The molecule has 0 rings (SSSR count). The van der Waals surface area contributed by atoms with Gasteiger partial charge < -0.3 is 10.2 Å². The molecule has 0 aromatic rings. The van der Waals surface area contributed by atoms with E-state index in [9.17, 15) is 8.42 Å². The molecule has 1 N–H and O–H groups in total. The van der Waals surface area contributed by atoms with Crippen molar-refractivity contribution >= 4 is 9.84 Å². The molecule has 5 heteroatoms. The van der Waals surface area contributed by atoms with Gasteiger partial charge in [0.15, 0.2) is 9.84 Å². The third-order valence-electron chi connectivity index (χ3n) is 3.25. The van der Waals surface area contributed by atoms with Gasteiger partial charge >= 0.3 is 0 Å². The van der Waals surface area contributed by atoms with Gasteiger partial charge in [-0.3, -0.25) is 0 Å². The molecule has 0 amide bonds. The average Bonchev–Trinajstić information content (AvgIpc) is 2.10. The minimum Gasteiger partial charge on any atom is -0.314 e. The first kappa shape index (κ1) is 16.9. The molecule has 0 aliphatic heterocycles. The minimum atomic E-state index is -3.01. The zero-order valence-corrected chi connectivity index (χ0v) is 13.1. The fourth-order valence-electron chi connectivity index (χ4n) is 1.07. The van der Waals surface area contributed by atoms with Gasteiger partial charge in [0.05, 0.1) is 10.5 Å². The lowest BCUT2D eigenvalue weighted by molar-refractivity contribution is 0.191. The molecule has 4 nitrogen and oxygen atoms in total. The summed E-state index contributed by atoms with van der Waals surface area (Å²) < 4.78 is 23.1. The Morgan fingerprint density at radius 1 is 1.06 bits per heavy atom. The molecule has 0 aromatic carbocycles. The van der Waals surface area contributed by atoms with E-state index in [-0.39, 0.29) is 11.3 Å². The molecule has 0 bridgehead atoms. The van der Waals surface area contributed by atoms with Gasteiger partial charge in [-0.15, -0.1) is 0 Å². The predicted octanol–water partition coefficient (Wildman–Crippen LogP) is 1.13. The Balaban J connectivity index is 4.12. The molecular weight excluding hydrogens is 236 g/mol. The van der Waals surface area contributed by atoms with Crippen LogP contribution >= 0.6 is 0 Å². The van der Waals surface area contributed by atoms with E-state index in [1.54, 1.807) is 20.8 Å². The molecular formula is C12H28N2O2S. The standard InChI is InChI=1S/C12H28N2O2S/c1-11(2,3)17(15,16)9-8-13-10-12(4,5)14(6)7/h13H,8-10H2,1-7H3. The number of likely N-dealkylation sites (N-methyl/N-ethyl adjacent to an activating group) is 1. The highest BCUT2D eigenvalue weighted by molar-refractivity contribution is 7.92. The van der Waals surface area contributed by atoms with Crippen LogP contribution in [-0.2, 0) is 9.84 Å². The van der Waals surface area contributed by atoms with E-state index in [2.05, 4.69) is 24.1 Å². The summed E-state index contributed by atoms with van der Waals surface area (Å²) in [7, 11) is 1.03. The van der Waals surface area contributed by atoms with Crippen LogP contribution in [0.3, 0.4) is 0 Å². The van der Waals surface area contributed by atoms with Crippen LogP contribution in [0.15, 0.2) is 0 Å². The van der Waals surface area contributed by atoms with E-state index in [1.807, 2.05) is 14.1 Å². The van der Waals surface area contributed by atoms with E-state index in [0.29, 0.717) is 6.54 Å². The summed E-state index contributed by atoms with van der Waals surface area (Å²) in [5.41, 5.74) is 0.0332. The zero-order valence-electron chi connectivity index (χ0n) is 12.3. The van der Waals surface area contributed by atoms with Crippen molar-refractivity contribution in [1.82, 2.24) is 10.2 Å². The van der Waals surface area contributed by atoms with Crippen LogP contribution in [0.4, 0.5) is 0 Å². The Kier molecular flexibility index (Phi) is 5.63. The SMILES string of the molecule is CN(C)C(C)(C)CNCCS(=O)(=O)C(C)(C)C. The number of rotatable bonds is 6. The second kappa shape index (κ2) is 5.67. The summed E-state index contributed by atoms with van der Waals surface area (Å²) in [5.74, 6) is 0.194. The van der Waals surface area contributed by atoms with Crippen molar-refractivity contribution in [2.45, 2.75) is 44.9 Å². The van der Waals surface area contributed by atoms with Gasteiger partial charge in [-0.2, -0.15) is 0 Å². The highest BCUT2D eigenvalue weighted by Crippen LogP contribution is 2.15. The molecule has 0 saturated heterocycles. The lowest BCUT2D eigenvalue weighted by atomic mass is 10.0. The average molecular weight is 264 g/mol. The van der Waals surface area contributed by atoms with Crippen LogP contribution in [0.5, 0.6) is 0 Å². The van der Waals surface area contributed by atoms with Crippen LogP contribution in [-0.4, -0.2) is 56.5 Å². The van der Waals surface area contributed by atoms with E-state index in [0.717, 1.165) is 6.54 Å². The van der Waals surface area contributed by atoms with Crippen molar-refractivity contribution < 1.29 is 8.42 Å². The van der Waals surface area contributed by atoms with Gasteiger partial charge in [0.25, 0.3) is 0 Å². The van der Waals surface area contributed by atoms with Crippen molar-refractivity contribution in [3.8, 4) is 0 Å². The van der Waals surface area contributed by atoms with Crippen molar-refractivity contribution in [2.75, 3.05) is 32.9 Å². The lowest BCUT2D eigenvalue weighted by Gasteiger charge is -2.33. The second-order valence-corrected chi connectivity index (χ2v) is 9.18. The van der Waals surface area contributed by atoms with E-state index in [4.69, 9.17) is 0 Å². The van der Waals surface area contributed by atoms with Crippen LogP contribution in [0.1, 0.15) is 34.6 Å². The Morgan fingerprint density at radius 2 is 1.53 bits per heavy atom. The molecule has 0 spiro atoms. The fourth-order valence-corrected chi connectivity index (χ4v) is 2.09. The van der Waals surface area contributed by atoms with Gasteiger partial charge in [0, 0.05) is 18.6 Å². The molecule has 0 atom stereocenters. The maximum atomic E-state index is 11.9. The number of sulfone groups is 1. The molecule has 0 saturated carbocycles. The van der Waals surface area contributed by atoms with E-state index in [1.165, 1.54) is 0 Å². The van der Waals surface area contributed by atoms with E-state index >= 15 is 0 Å². The Hall–Kier alpha value is -0.130. The lowest BCUT2D eigenvalue weighted by Crippen LogP contribution is -2.47. The fraction of sp³-hybridized carbons (Fsp3) is 1.00. The van der Waals surface area contributed by atoms with Gasteiger partial charge in [0.1, 0.15) is 0 Å². The summed E-state index contributed by atoms with van der Waals surface area (Å²) in [6.45, 7) is 10.8. The normalized spacial score (nSPS) is 14.4. The third-order valence-corrected chi connectivity index (χ3v) is 5.86. The highest BCUT2D eigenvalue weighted by atomic mass is 32.2. The van der Waals surface area contributed by atoms with Gasteiger partial charge in [0.2, 0.25) is 0 Å². The molecule has 0 unspecified atom stereocenters. The number of nitrogens with zero attached hydrogens (tertiary/aromatic N) is 1. The van der Waals surface area contributed by atoms with Gasteiger partial charge in [-0.05, 0) is 48.7 Å². The molecule has 0 aliphatic rings. The Labute approximate surface area is 107 Å². The molecule has 0 radical (unpaired) electrons. The molecule has 104 valence electrons. The smallest absolute Gasteiger partial charge is 0.156 e. The monoisotopic (exact) mass is 264 g/mol. The molecule has 0 heterocycles. The van der Waals surface area contributed by atoms with Crippen LogP contribution in [0.2, 0.25) is 0 Å². The number of hydrogen-bond donors (Lipinski definition) is 1. The third kappa shape index (κ3) is 5.36. The number of hydrogen-bond acceptors (Lipinski definition) is 4. The summed E-state index contributed by atoms with van der Waals surface area (Å²) in [6, 6.07) is 0. The number of nitrogens with one attached hydrogen (secondary N) is 1. The van der Waals surface area contributed by atoms with Gasteiger partial charge in [-0.25, -0.2) is 8.42 Å². The quantitative estimate of drug-likeness (QED) is 0.731. The first-order chi connectivity index (χ1) is 7.40. The Bertz CT molecular complexity index is 327. The van der Waals surface area contributed by atoms with Crippen LogP contribution in [0, 0.1) is 0 Å². The zero-order chi connectivity index (χ0) is 13.9. The maximum Gasteiger partial charge on any atom is 0.156 e. The summed E-state index contributed by atoms with van der Waals surface area (Å²) >= 11 is 0. The molecule has 17 heavy (non-hydrogen) atoms. The Morgan fingerprint density at radius 3 is 1.88 bits per heavy atom. The molecule has 0 fully saturated rings. The van der Waals surface area contributed by atoms with E-state index < -0.39 is 14.6 Å². The minimum absolute atomic E-state index is 0.0332. The van der Waals surface area contributed by atoms with Crippen molar-refractivity contribution in [3.63, 3.8) is 0 Å². The van der Waals surface area contributed by atoms with Crippen molar-refractivity contribution in [2.24, 2.45) is 0 Å². The summed E-state index contributed by atoms with van der Waals surface area (Å²) in [6.07, 6.45) is 0. The highest BCUT2D eigenvalue weighted by Gasteiger charge is 2.28. The maximum absolute atomic E-state index is 11.9. The van der Waals surface area contributed by atoms with Crippen LogP contribution in [0.25, 0.3) is 0 Å². The topological polar surface area (TPSA) is 49.4 Å². The molecule has 0 aliphatic carbocycles. The first-order valence-electron chi connectivity index (χ1n) is 6.00. The summed E-state index contributed by atoms with van der Waals surface area (Å²) in [4.78, 5) is 2.12. The summed E-state index contributed by atoms with van der Waals surface area (Å²) in [5, 5.41) is 3.21. The van der Waals surface area contributed by atoms with Gasteiger partial charge in [-0.1, -0.05) is 0 Å². The largest absolute Gasteiger partial charge is 0.314 e.